The summed E-state index contributed by atoms with van der Waals surface area (Å²) in [6.07, 6.45) is 0. The van der Waals surface area contributed by atoms with E-state index in [4.69, 9.17) is 39.5 Å². The summed E-state index contributed by atoms with van der Waals surface area (Å²) >= 11 is 18.1. The number of para-hydroxylation sites is 1. The third-order valence-corrected chi connectivity index (χ3v) is 4.49. The van der Waals surface area contributed by atoms with Crippen molar-refractivity contribution in [2.24, 2.45) is 0 Å². The van der Waals surface area contributed by atoms with Gasteiger partial charge in [-0.05, 0) is 42.0 Å². The van der Waals surface area contributed by atoms with Crippen LogP contribution in [0.5, 0.6) is 5.75 Å². The van der Waals surface area contributed by atoms with E-state index in [-0.39, 0.29) is 0 Å². The molecule has 25 heavy (non-hydrogen) atoms. The van der Waals surface area contributed by atoms with Crippen LogP contribution >= 0.6 is 34.8 Å². The highest BCUT2D eigenvalue weighted by molar-refractivity contribution is 6.35. The number of hydrogen-bond acceptors (Lipinski definition) is 2. The van der Waals surface area contributed by atoms with Gasteiger partial charge in [0, 0.05) is 22.2 Å². The zero-order chi connectivity index (χ0) is 17.6. The maximum absolute atomic E-state index is 6.19. The molecule has 0 aromatic heterocycles. The number of hydrogen-bond donors (Lipinski definition) is 1. The van der Waals surface area contributed by atoms with E-state index in [1.807, 2.05) is 48.5 Å². The molecule has 2 nitrogen and oxygen atoms in total. The Morgan fingerprint density at radius 2 is 1.52 bits per heavy atom. The van der Waals surface area contributed by atoms with Crippen molar-refractivity contribution in [1.82, 2.24) is 0 Å². The van der Waals surface area contributed by atoms with Gasteiger partial charge in [0.15, 0.2) is 0 Å². The Labute approximate surface area is 162 Å². The molecule has 1 N–H and O–H groups in total. The minimum absolute atomic E-state index is 0.478. The van der Waals surface area contributed by atoms with Gasteiger partial charge in [-0.3, -0.25) is 0 Å². The van der Waals surface area contributed by atoms with Gasteiger partial charge in [-0.15, -0.1) is 0 Å². The Bertz CT molecular complexity index is 850. The third kappa shape index (κ3) is 5.05. The second kappa shape index (κ2) is 8.48. The van der Waals surface area contributed by atoms with Crippen LogP contribution in [0.2, 0.25) is 15.1 Å². The van der Waals surface area contributed by atoms with E-state index < -0.39 is 0 Å². The fourth-order valence-corrected chi connectivity index (χ4v) is 2.84. The van der Waals surface area contributed by atoms with Gasteiger partial charge in [0.2, 0.25) is 0 Å². The molecule has 0 spiro atoms. The highest BCUT2D eigenvalue weighted by atomic mass is 35.5. The fourth-order valence-electron chi connectivity index (χ4n) is 2.36. The van der Waals surface area contributed by atoms with Gasteiger partial charge in [0.05, 0.1) is 10.7 Å². The second-order valence-electron chi connectivity index (χ2n) is 5.50. The Morgan fingerprint density at radius 3 is 2.32 bits per heavy atom. The van der Waals surface area contributed by atoms with Crippen molar-refractivity contribution in [2.45, 2.75) is 13.2 Å². The Hall–Kier alpha value is -1.87. The van der Waals surface area contributed by atoms with Crippen LogP contribution in [0.15, 0.2) is 66.7 Å². The molecule has 0 aliphatic heterocycles. The van der Waals surface area contributed by atoms with Crippen LogP contribution < -0.4 is 10.1 Å². The van der Waals surface area contributed by atoms with Crippen molar-refractivity contribution in [3.05, 3.63) is 92.9 Å². The molecule has 5 heteroatoms. The van der Waals surface area contributed by atoms with E-state index in [9.17, 15) is 0 Å². The number of anilines is 1. The molecule has 0 heterocycles. The topological polar surface area (TPSA) is 21.3 Å². The average Bonchev–Trinajstić information content (AvgIpc) is 2.63. The third-order valence-electron chi connectivity index (χ3n) is 3.68. The van der Waals surface area contributed by atoms with Crippen molar-refractivity contribution in [3.63, 3.8) is 0 Å². The summed E-state index contributed by atoms with van der Waals surface area (Å²) in [4.78, 5) is 0. The molecule has 128 valence electrons. The van der Waals surface area contributed by atoms with Crippen molar-refractivity contribution >= 4 is 40.5 Å². The van der Waals surface area contributed by atoms with E-state index in [2.05, 4.69) is 5.32 Å². The molecule has 0 saturated heterocycles. The minimum atomic E-state index is 0.478. The molecule has 0 fully saturated rings. The molecule has 0 atom stereocenters. The largest absolute Gasteiger partial charge is 0.489 e. The van der Waals surface area contributed by atoms with Gasteiger partial charge >= 0.3 is 0 Å². The number of ether oxygens (including phenoxy) is 1. The molecule has 0 amide bonds. The SMILES string of the molecule is Clc1ccc(COc2ccccc2CNc2cc(Cl)ccc2Cl)cc1. The predicted octanol–water partition coefficient (Wildman–Crippen LogP) is 6.84. The second-order valence-corrected chi connectivity index (χ2v) is 6.78. The fraction of sp³-hybridized carbons (Fsp3) is 0.100. The summed E-state index contributed by atoms with van der Waals surface area (Å²) in [6, 6.07) is 20.9. The van der Waals surface area contributed by atoms with Gasteiger partial charge < -0.3 is 10.1 Å². The van der Waals surface area contributed by atoms with Gasteiger partial charge in [-0.25, -0.2) is 0 Å². The zero-order valence-corrected chi connectivity index (χ0v) is 15.6. The molecule has 3 aromatic carbocycles. The number of nitrogens with one attached hydrogen (secondary N) is 1. The van der Waals surface area contributed by atoms with E-state index in [0.717, 1.165) is 22.6 Å². The van der Waals surface area contributed by atoms with Crippen molar-refractivity contribution in [2.75, 3.05) is 5.32 Å². The van der Waals surface area contributed by atoms with Crippen molar-refractivity contribution in [3.8, 4) is 5.75 Å². The van der Waals surface area contributed by atoms with E-state index in [1.165, 1.54) is 0 Å². The molecule has 0 saturated carbocycles. The molecule has 3 rings (SSSR count). The normalized spacial score (nSPS) is 10.5. The molecule has 0 aliphatic rings. The quantitative estimate of drug-likeness (QED) is 0.496. The van der Waals surface area contributed by atoms with E-state index in [0.29, 0.717) is 28.2 Å². The smallest absolute Gasteiger partial charge is 0.124 e. The van der Waals surface area contributed by atoms with Crippen LogP contribution in [-0.2, 0) is 13.2 Å². The molecule has 0 unspecified atom stereocenters. The highest BCUT2D eigenvalue weighted by Crippen LogP contribution is 2.27. The summed E-state index contributed by atoms with van der Waals surface area (Å²) < 4.78 is 5.96. The lowest BCUT2D eigenvalue weighted by Gasteiger charge is -2.14. The van der Waals surface area contributed by atoms with Crippen LogP contribution in [0.1, 0.15) is 11.1 Å². The van der Waals surface area contributed by atoms with Gasteiger partial charge in [0.25, 0.3) is 0 Å². The van der Waals surface area contributed by atoms with E-state index >= 15 is 0 Å². The standard InChI is InChI=1S/C20H16Cl3NO/c21-16-7-5-14(6-8-16)13-25-20-4-2-1-3-15(20)12-24-19-11-17(22)9-10-18(19)23/h1-11,24H,12-13H2. The molecular weight excluding hydrogens is 377 g/mol. The number of benzene rings is 3. The van der Waals surface area contributed by atoms with Gasteiger partial charge in [-0.1, -0.05) is 65.1 Å². The summed E-state index contributed by atoms with van der Waals surface area (Å²) in [7, 11) is 0. The first-order valence-corrected chi connectivity index (χ1v) is 8.89. The van der Waals surface area contributed by atoms with Crippen LogP contribution in [0.25, 0.3) is 0 Å². The lowest BCUT2D eigenvalue weighted by atomic mass is 10.2. The lowest BCUT2D eigenvalue weighted by molar-refractivity contribution is 0.303. The molecule has 0 radical (unpaired) electrons. The monoisotopic (exact) mass is 391 g/mol. The van der Waals surface area contributed by atoms with E-state index in [1.54, 1.807) is 18.2 Å². The average molecular weight is 393 g/mol. The van der Waals surface area contributed by atoms with Gasteiger partial charge in [0.1, 0.15) is 12.4 Å². The Kier molecular flexibility index (Phi) is 6.09. The highest BCUT2D eigenvalue weighted by Gasteiger charge is 2.06. The minimum Gasteiger partial charge on any atom is -0.489 e. The summed E-state index contributed by atoms with van der Waals surface area (Å²) in [6.45, 7) is 1.06. The van der Waals surface area contributed by atoms with Crippen LogP contribution in [0.3, 0.4) is 0 Å². The maximum atomic E-state index is 6.19. The maximum Gasteiger partial charge on any atom is 0.124 e. The number of rotatable bonds is 6. The van der Waals surface area contributed by atoms with Crippen LogP contribution in [0, 0.1) is 0 Å². The Balaban J connectivity index is 1.68. The van der Waals surface area contributed by atoms with Crippen LogP contribution in [-0.4, -0.2) is 0 Å². The van der Waals surface area contributed by atoms with Gasteiger partial charge in [-0.2, -0.15) is 0 Å². The lowest BCUT2D eigenvalue weighted by Crippen LogP contribution is -2.04. The van der Waals surface area contributed by atoms with Crippen molar-refractivity contribution < 1.29 is 4.74 Å². The Morgan fingerprint density at radius 1 is 0.800 bits per heavy atom. The first-order valence-electron chi connectivity index (χ1n) is 7.76. The van der Waals surface area contributed by atoms with Crippen molar-refractivity contribution in [1.29, 1.82) is 0 Å². The van der Waals surface area contributed by atoms with Crippen LogP contribution in [0.4, 0.5) is 5.69 Å². The summed E-state index contributed by atoms with van der Waals surface area (Å²) in [5.74, 6) is 0.822. The predicted molar refractivity (Wildman–Crippen MR) is 106 cm³/mol. The molecule has 0 aliphatic carbocycles. The molecule has 0 bridgehead atoms. The zero-order valence-electron chi connectivity index (χ0n) is 13.3. The molecular formula is C20H16Cl3NO. The molecule has 3 aromatic rings. The summed E-state index contributed by atoms with van der Waals surface area (Å²) in [5, 5.41) is 5.28. The first kappa shape index (κ1) is 17.9. The first-order chi connectivity index (χ1) is 12.1. The number of halogens is 3. The summed E-state index contributed by atoms with van der Waals surface area (Å²) in [5.41, 5.74) is 2.89.